The molecule has 4 rings (SSSR count). The second-order valence-electron chi connectivity index (χ2n) is 8.63. The minimum absolute atomic E-state index is 0.0385. The number of anilines is 1. The Labute approximate surface area is 188 Å². The molecule has 32 heavy (non-hydrogen) atoms. The quantitative estimate of drug-likeness (QED) is 0.546. The van der Waals surface area contributed by atoms with E-state index in [1.165, 1.54) is 7.11 Å². The lowest BCUT2D eigenvalue weighted by Gasteiger charge is -2.53. The summed E-state index contributed by atoms with van der Waals surface area (Å²) in [5, 5.41) is 3.05. The molecule has 1 atom stereocenters. The van der Waals surface area contributed by atoms with Gasteiger partial charge in [-0.3, -0.25) is 14.4 Å². The van der Waals surface area contributed by atoms with Crippen LogP contribution >= 0.6 is 0 Å². The van der Waals surface area contributed by atoms with Crippen LogP contribution in [0.5, 0.6) is 0 Å². The minimum atomic E-state index is -0.600. The molecule has 168 valence electrons. The molecule has 0 bridgehead atoms. The van der Waals surface area contributed by atoms with E-state index < -0.39 is 11.5 Å². The van der Waals surface area contributed by atoms with Crippen molar-refractivity contribution in [3.63, 3.8) is 0 Å². The molecule has 1 heterocycles. The van der Waals surface area contributed by atoms with Crippen LogP contribution in [0.25, 0.3) is 0 Å². The Hall–Kier alpha value is -3.15. The average Bonchev–Trinajstić information content (AvgIpc) is 2.83. The smallest absolute Gasteiger partial charge is 0.305 e. The second kappa shape index (κ2) is 9.55. The molecule has 0 unspecified atom stereocenters. The summed E-state index contributed by atoms with van der Waals surface area (Å²) in [6.45, 7) is 0.391. The largest absolute Gasteiger partial charge is 0.469 e. The molecule has 1 fully saturated rings. The summed E-state index contributed by atoms with van der Waals surface area (Å²) >= 11 is 0. The highest BCUT2D eigenvalue weighted by molar-refractivity contribution is 6.12. The summed E-state index contributed by atoms with van der Waals surface area (Å²) in [6, 6.07) is 17.2. The zero-order chi connectivity index (χ0) is 22.6. The van der Waals surface area contributed by atoms with Crippen LogP contribution in [0, 0.1) is 0 Å². The van der Waals surface area contributed by atoms with Crippen LogP contribution < -0.4 is 10.2 Å². The predicted molar refractivity (Wildman–Crippen MR) is 123 cm³/mol. The number of nitrogens with one attached hydrogen (secondary N) is 1. The molecule has 2 aliphatic rings. The van der Waals surface area contributed by atoms with Crippen LogP contribution in [-0.2, 0) is 14.3 Å². The summed E-state index contributed by atoms with van der Waals surface area (Å²) in [7, 11) is 1.36. The number of fused-ring (bicyclic) bond motifs is 1. The standard InChI is InChI=1S/C26H30N2O4/c1-32-22(29)15-10-18-27-24(30)23-20-13-6-7-14-21(20)25(31)28(19-11-4-2-5-12-19)26(23)16-8-3-9-17-26/h2,4-7,11-14,23H,3,8-10,15-18H2,1H3,(H,27,30)/t23-/m0/s1. The fraction of sp³-hybridized carbons (Fsp3) is 0.423. The van der Waals surface area contributed by atoms with Gasteiger partial charge in [-0.1, -0.05) is 55.7 Å². The van der Waals surface area contributed by atoms with Crippen LogP contribution in [-0.4, -0.2) is 37.0 Å². The maximum absolute atomic E-state index is 13.8. The van der Waals surface area contributed by atoms with E-state index in [0.717, 1.165) is 43.4 Å². The lowest BCUT2D eigenvalue weighted by molar-refractivity contribution is -0.140. The zero-order valence-corrected chi connectivity index (χ0v) is 18.5. The highest BCUT2D eigenvalue weighted by Gasteiger charge is 2.55. The lowest BCUT2D eigenvalue weighted by Crippen LogP contribution is -2.63. The molecule has 6 heteroatoms. The van der Waals surface area contributed by atoms with Crippen molar-refractivity contribution in [2.24, 2.45) is 0 Å². The number of rotatable bonds is 6. The molecule has 1 aliphatic carbocycles. The van der Waals surface area contributed by atoms with Gasteiger partial charge in [0, 0.05) is 24.2 Å². The van der Waals surface area contributed by atoms with E-state index >= 15 is 0 Å². The van der Waals surface area contributed by atoms with E-state index in [1.807, 2.05) is 59.5 Å². The monoisotopic (exact) mass is 434 g/mol. The first-order chi connectivity index (χ1) is 15.6. The number of esters is 1. The number of ether oxygens (including phenoxy) is 1. The number of nitrogens with zero attached hydrogens (tertiary/aromatic N) is 1. The molecule has 0 radical (unpaired) electrons. The van der Waals surface area contributed by atoms with Crippen molar-refractivity contribution in [3.8, 4) is 0 Å². The fourth-order valence-corrected chi connectivity index (χ4v) is 5.35. The molecule has 1 spiro atoms. The van der Waals surface area contributed by atoms with Crippen molar-refractivity contribution < 1.29 is 19.1 Å². The van der Waals surface area contributed by atoms with E-state index in [2.05, 4.69) is 10.1 Å². The molecule has 2 aromatic carbocycles. The van der Waals surface area contributed by atoms with Crippen molar-refractivity contribution in [1.29, 1.82) is 0 Å². The number of carbonyl (C=O) groups is 3. The first-order valence-corrected chi connectivity index (χ1v) is 11.4. The van der Waals surface area contributed by atoms with Gasteiger partial charge in [-0.25, -0.2) is 0 Å². The molecule has 1 saturated carbocycles. The molecule has 1 aliphatic heterocycles. The van der Waals surface area contributed by atoms with Crippen molar-refractivity contribution in [2.75, 3.05) is 18.6 Å². The SMILES string of the molecule is COC(=O)CCCNC(=O)[C@@H]1c2ccccc2C(=O)N(c2ccccc2)C12CCCCC2. The molecule has 6 nitrogen and oxygen atoms in total. The summed E-state index contributed by atoms with van der Waals surface area (Å²) < 4.78 is 4.69. The Morgan fingerprint density at radius 1 is 1.03 bits per heavy atom. The van der Waals surface area contributed by atoms with Crippen molar-refractivity contribution in [3.05, 3.63) is 65.7 Å². The molecule has 2 amide bonds. The van der Waals surface area contributed by atoms with Crippen molar-refractivity contribution >= 4 is 23.5 Å². The molecular formula is C26H30N2O4. The van der Waals surface area contributed by atoms with Gasteiger partial charge in [-0.2, -0.15) is 0 Å². The third kappa shape index (κ3) is 4.01. The van der Waals surface area contributed by atoms with Gasteiger partial charge in [0.25, 0.3) is 5.91 Å². The van der Waals surface area contributed by atoms with Crippen LogP contribution in [0.15, 0.2) is 54.6 Å². The Morgan fingerprint density at radius 3 is 2.44 bits per heavy atom. The lowest BCUT2D eigenvalue weighted by atomic mass is 9.65. The van der Waals surface area contributed by atoms with Crippen LogP contribution in [0.3, 0.4) is 0 Å². The molecule has 2 aromatic rings. The van der Waals surface area contributed by atoms with Gasteiger partial charge in [0.05, 0.1) is 18.6 Å². The highest BCUT2D eigenvalue weighted by Crippen LogP contribution is 2.50. The van der Waals surface area contributed by atoms with Crippen LogP contribution in [0.4, 0.5) is 5.69 Å². The van der Waals surface area contributed by atoms with Gasteiger partial charge in [-0.15, -0.1) is 0 Å². The van der Waals surface area contributed by atoms with E-state index in [9.17, 15) is 14.4 Å². The Morgan fingerprint density at radius 2 is 1.72 bits per heavy atom. The number of methoxy groups -OCH3 is 1. The van der Waals surface area contributed by atoms with Crippen molar-refractivity contribution in [2.45, 2.75) is 56.4 Å². The van der Waals surface area contributed by atoms with E-state index in [0.29, 0.717) is 18.5 Å². The number of para-hydroxylation sites is 1. The summed E-state index contributed by atoms with van der Waals surface area (Å²) in [5.41, 5.74) is 1.62. The number of amides is 2. The molecular weight excluding hydrogens is 404 g/mol. The summed E-state index contributed by atoms with van der Waals surface area (Å²) in [6.07, 6.45) is 5.40. The number of hydrogen-bond acceptors (Lipinski definition) is 4. The highest BCUT2D eigenvalue weighted by atomic mass is 16.5. The number of benzene rings is 2. The molecule has 0 saturated heterocycles. The van der Waals surface area contributed by atoms with Gasteiger partial charge < -0.3 is 15.0 Å². The topological polar surface area (TPSA) is 75.7 Å². The van der Waals surface area contributed by atoms with Crippen molar-refractivity contribution in [1.82, 2.24) is 5.32 Å². The van der Waals surface area contributed by atoms with Gasteiger partial charge in [0.15, 0.2) is 0 Å². The number of hydrogen-bond donors (Lipinski definition) is 1. The minimum Gasteiger partial charge on any atom is -0.469 e. The maximum atomic E-state index is 13.8. The van der Waals surface area contributed by atoms with E-state index in [-0.39, 0.29) is 24.2 Å². The third-order valence-electron chi connectivity index (χ3n) is 6.77. The third-order valence-corrected chi connectivity index (χ3v) is 6.77. The Balaban J connectivity index is 1.73. The summed E-state index contributed by atoms with van der Waals surface area (Å²) in [4.78, 5) is 40.8. The predicted octanol–water partition coefficient (Wildman–Crippen LogP) is 4.20. The fourth-order valence-electron chi connectivity index (χ4n) is 5.35. The Kier molecular flexibility index (Phi) is 6.58. The first kappa shape index (κ1) is 22.1. The molecule has 0 aromatic heterocycles. The maximum Gasteiger partial charge on any atom is 0.305 e. The van der Waals surface area contributed by atoms with Gasteiger partial charge in [0.1, 0.15) is 0 Å². The van der Waals surface area contributed by atoms with Crippen LogP contribution in [0.2, 0.25) is 0 Å². The summed E-state index contributed by atoms with van der Waals surface area (Å²) in [5.74, 6) is -0.872. The van der Waals surface area contributed by atoms with E-state index in [1.54, 1.807) is 0 Å². The number of carbonyl (C=O) groups excluding carboxylic acids is 3. The average molecular weight is 435 g/mol. The van der Waals surface area contributed by atoms with Gasteiger partial charge in [0.2, 0.25) is 5.91 Å². The Bertz CT molecular complexity index is 982. The van der Waals surface area contributed by atoms with Crippen LogP contribution in [0.1, 0.15) is 66.8 Å². The normalized spacial score (nSPS) is 19.3. The van der Waals surface area contributed by atoms with Gasteiger partial charge >= 0.3 is 5.97 Å². The first-order valence-electron chi connectivity index (χ1n) is 11.4. The second-order valence-corrected chi connectivity index (χ2v) is 8.63. The zero-order valence-electron chi connectivity index (χ0n) is 18.5. The van der Waals surface area contributed by atoms with Gasteiger partial charge in [-0.05, 0) is 43.0 Å². The molecule has 1 N–H and O–H groups in total. The van der Waals surface area contributed by atoms with E-state index in [4.69, 9.17) is 0 Å².